The zero-order valence-corrected chi connectivity index (χ0v) is 23.9. The average molecular weight is 608 g/mol. The monoisotopic (exact) mass is 607 g/mol. The molecular weight excluding hydrogens is 575 g/mol. The fourth-order valence-corrected chi connectivity index (χ4v) is 6.38. The molecule has 0 amide bonds. The van der Waals surface area contributed by atoms with Crippen molar-refractivity contribution in [1.29, 1.82) is 0 Å². The molecule has 4 aromatic rings. The molecule has 0 aliphatic carbocycles. The second kappa shape index (κ2) is 12.5. The summed E-state index contributed by atoms with van der Waals surface area (Å²) in [7, 11) is 0.250. The number of para-hydroxylation sites is 2. The van der Waals surface area contributed by atoms with Crippen LogP contribution in [0.5, 0.6) is 0 Å². The number of sulfonamides is 1. The molecule has 0 atom stereocenters. The van der Waals surface area contributed by atoms with Crippen LogP contribution >= 0.6 is 0 Å². The number of aliphatic carboxylic acids is 1. The van der Waals surface area contributed by atoms with Gasteiger partial charge >= 0.3 is 17.8 Å². The first-order valence-electron chi connectivity index (χ1n) is 13.2. The van der Waals surface area contributed by atoms with Crippen LogP contribution in [0.25, 0.3) is 21.8 Å². The number of aromatic nitrogens is 2. The van der Waals surface area contributed by atoms with Crippen LogP contribution in [0.15, 0.2) is 70.4 Å². The van der Waals surface area contributed by atoms with Crippen LogP contribution in [-0.2, 0) is 14.8 Å². The van der Waals surface area contributed by atoms with Crippen molar-refractivity contribution in [2.24, 2.45) is 0 Å². The number of likely N-dealkylation sites (tertiary alicyclic amines) is 1. The summed E-state index contributed by atoms with van der Waals surface area (Å²) in [5, 5.41) is 8.76. The highest BCUT2D eigenvalue weighted by atomic mass is 32.2. The predicted molar refractivity (Wildman–Crippen MR) is 154 cm³/mol. The summed E-state index contributed by atoms with van der Waals surface area (Å²) >= 11 is 0. The largest absolute Gasteiger partial charge is 0.490 e. The highest BCUT2D eigenvalue weighted by Gasteiger charge is 2.38. The second-order valence-corrected chi connectivity index (χ2v) is 11.8. The van der Waals surface area contributed by atoms with Crippen LogP contribution in [0.4, 0.5) is 18.9 Å². The van der Waals surface area contributed by atoms with Crippen molar-refractivity contribution in [2.45, 2.75) is 30.0 Å². The van der Waals surface area contributed by atoms with Gasteiger partial charge in [0.2, 0.25) is 10.0 Å². The second-order valence-electron chi connectivity index (χ2n) is 10.1. The minimum atomic E-state index is -5.08. The molecule has 1 aliphatic rings. The van der Waals surface area contributed by atoms with E-state index in [2.05, 4.69) is 14.6 Å². The van der Waals surface area contributed by atoms with Gasteiger partial charge in [-0.15, -0.1) is 0 Å². The minimum absolute atomic E-state index is 0.0649. The van der Waals surface area contributed by atoms with Crippen LogP contribution in [0, 0.1) is 0 Å². The van der Waals surface area contributed by atoms with Gasteiger partial charge in [0.25, 0.3) is 0 Å². The summed E-state index contributed by atoms with van der Waals surface area (Å²) < 4.78 is 62.7. The third-order valence-electron chi connectivity index (χ3n) is 7.14. The fraction of sp³-hybridized carbons (Fsp3) is 0.357. The molecule has 3 N–H and O–H groups in total. The molecule has 14 heteroatoms. The molecule has 2 heterocycles. The van der Waals surface area contributed by atoms with Crippen LogP contribution in [0.2, 0.25) is 0 Å². The van der Waals surface area contributed by atoms with E-state index in [1.165, 1.54) is 0 Å². The number of rotatable bonds is 7. The predicted octanol–water partition coefficient (Wildman–Crippen LogP) is 3.80. The number of nitrogens with zero attached hydrogens (tertiary/aromatic N) is 3. The summed E-state index contributed by atoms with van der Waals surface area (Å²) in [6.07, 6.45) is -3.38. The van der Waals surface area contributed by atoms with E-state index >= 15 is 0 Å². The number of nitrogens with one attached hydrogen (secondary N) is 2. The Kier molecular flexibility index (Phi) is 9.28. The highest BCUT2D eigenvalue weighted by Crippen LogP contribution is 2.30. The third-order valence-corrected chi connectivity index (χ3v) is 8.66. The Morgan fingerprint density at radius 3 is 2.29 bits per heavy atom. The molecule has 1 aliphatic heterocycles. The van der Waals surface area contributed by atoms with E-state index in [0.29, 0.717) is 18.0 Å². The Hall–Kier alpha value is -3.88. The Morgan fingerprint density at radius 1 is 1.02 bits per heavy atom. The number of hydrogen-bond donors (Lipinski definition) is 3. The molecule has 3 aromatic carbocycles. The zero-order valence-electron chi connectivity index (χ0n) is 23.1. The van der Waals surface area contributed by atoms with Crippen LogP contribution in [0.3, 0.4) is 0 Å². The lowest BCUT2D eigenvalue weighted by atomic mass is 10.0. The quantitative estimate of drug-likeness (QED) is 0.292. The molecule has 0 unspecified atom stereocenters. The molecule has 0 saturated carbocycles. The van der Waals surface area contributed by atoms with E-state index in [0.717, 1.165) is 53.4 Å². The van der Waals surface area contributed by atoms with E-state index in [9.17, 15) is 26.4 Å². The first-order chi connectivity index (χ1) is 19.8. The van der Waals surface area contributed by atoms with Crippen molar-refractivity contribution in [2.75, 3.05) is 45.2 Å². The number of benzene rings is 3. The molecule has 10 nitrogen and oxygen atoms in total. The number of aromatic amines is 1. The molecule has 226 valence electrons. The van der Waals surface area contributed by atoms with Gasteiger partial charge in [-0.25, -0.2) is 22.7 Å². The lowest BCUT2D eigenvalue weighted by Gasteiger charge is -2.32. The molecule has 1 fully saturated rings. The number of H-pyrrole nitrogens is 1. The van der Waals surface area contributed by atoms with Gasteiger partial charge in [0.05, 0.1) is 15.9 Å². The van der Waals surface area contributed by atoms with Gasteiger partial charge in [-0.05, 0) is 37.1 Å². The topological polar surface area (TPSA) is 128 Å². The number of hydrogen-bond acceptors (Lipinski definition) is 6. The number of piperidine rings is 1. The Morgan fingerprint density at radius 2 is 1.64 bits per heavy atom. The van der Waals surface area contributed by atoms with Crippen molar-refractivity contribution in [3.8, 4) is 0 Å². The molecule has 5 rings (SSSR count). The van der Waals surface area contributed by atoms with Crippen molar-refractivity contribution in [1.82, 2.24) is 19.2 Å². The molecular formula is C28H32F3N5O5S. The first-order valence-corrected chi connectivity index (χ1v) is 14.7. The standard InChI is InChI=1S/C26H31N5O3S.C2HF3O2/c1-29(2)23-11-5-8-21-20(23)7-6-12-25(21)35(33,34)27-15-18-30-16-13-19(14-17-30)31-24-10-4-3-9-22(24)28-26(31)32;3-2(4,5)1(6)7/h3-12,19,27H,13-18H2,1-2H3,(H,28,32);(H,6,7). The summed E-state index contributed by atoms with van der Waals surface area (Å²) in [5.41, 5.74) is 2.72. The lowest BCUT2D eigenvalue weighted by molar-refractivity contribution is -0.192. The average Bonchev–Trinajstić information content (AvgIpc) is 3.28. The Labute approximate surface area is 240 Å². The SMILES string of the molecule is CN(C)c1cccc2c(S(=O)(=O)NCCN3CCC(n4c(=O)[nH]c5ccccc54)CC3)cccc12.O=C(O)C(F)(F)F. The van der Waals surface area contributed by atoms with Gasteiger partial charge in [-0.3, -0.25) is 4.57 Å². The molecule has 1 saturated heterocycles. The smallest absolute Gasteiger partial charge is 0.475 e. The summed E-state index contributed by atoms with van der Waals surface area (Å²) in [5.74, 6) is -2.76. The Bertz CT molecular complexity index is 1730. The number of fused-ring (bicyclic) bond motifs is 2. The van der Waals surface area contributed by atoms with E-state index in [-0.39, 0.29) is 11.7 Å². The van der Waals surface area contributed by atoms with Crippen LogP contribution < -0.4 is 15.3 Å². The lowest BCUT2D eigenvalue weighted by Crippen LogP contribution is -2.41. The molecule has 42 heavy (non-hydrogen) atoms. The number of alkyl halides is 3. The zero-order chi connectivity index (χ0) is 30.7. The van der Waals surface area contributed by atoms with E-state index in [1.807, 2.05) is 72.1 Å². The summed E-state index contributed by atoms with van der Waals surface area (Å²) in [6.45, 7) is 2.60. The van der Waals surface area contributed by atoms with Crippen molar-refractivity contribution >= 4 is 43.5 Å². The third kappa shape index (κ3) is 6.94. The molecule has 0 radical (unpaired) electrons. The van der Waals surface area contributed by atoms with Gasteiger partial charge in [0, 0.05) is 62.8 Å². The van der Waals surface area contributed by atoms with Crippen molar-refractivity contribution < 1.29 is 31.5 Å². The normalized spacial score (nSPS) is 15.0. The summed E-state index contributed by atoms with van der Waals surface area (Å²) in [4.78, 5) is 28.9. The van der Waals surface area contributed by atoms with Crippen LogP contribution in [0.1, 0.15) is 18.9 Å². The Balaban J connectivity index is 0.000000517. The van der Waals surface area contributed by atoms with Crippen LogP contribution in [-0.4, -0.2) is 80.4 Å². The van der Waals surface area contributed by atoms with E-state index in [4.69, 9.17) is 9.90 Å². The van der Waals surface area contributed by atoms with Gasteiger partial charge in [-0.1, -0.05) is 36.4 Å². The van der Waals surface area contributed by atoms with Gasteiger partial charge < -0.3 is 19.9 Å². The van der Waals surface area contributed by atoms with Crippen molar-refractivity contribution in [3.63, 3.8) is 0 Å². The first kappa shape index (κ1) is 31.1. The molecule has 0 spiro atoms. The highest BCUT2D eigenvalue weighted by molar-refractivity contribution is 7.89. The van der Waals surface area contributed by atoms with Crippen molar-refractivity contribution in [3.05, 3.63) is 71.1 Å². The van der Waals surface area contributed by atoms with E-state index in [1.54, 1.807) is 12.1 Å². The fourth-order valence-electron chi connectivity index (χ4n) is 5.14. The van der Waals surface area contributed by atoms with Gasteiger partial charge in [-0.2, -0.15) is 13.2 Å². The number of carbonyl (C=O) groups is 1. The maximum absolute atomic E-state index is 13.2. The number of halogens is 3. The minimum Gasteiger partial charge on any atom is -0.475 e. The van der Waals surface area contributed by atoms with Gasteiger partial charge in [0.15, 0.2) is 0 Å². The number of anilines is 1. The molecule has 0 bridgehead atoms. The maximum atomic E-state index is 13.2. The maximum Gasteiger partial charge on any atom is 0.490 e. The van der Waals surface area contributed by atoms with Gasteiger partial charge in [0.1, 0.15) is 0 Å². The summed E-state index contributed by atoms with van der Waals surface area (Å²) in [6, 6.07) is 19.1. The number of carboxylic acid groups (broad SMARTS) is 1. The number of imidazole rings is 1. The molecule has 1 aromatic heterocycles. The van der Waals surface area contributed by atoms with E-state index < -0.39 is 22.2 Å². The number of carboxylic acids is 1.